The van der Waals surface area contributed by atoms with Gasteiger partial charge in [0.1, 0.15) is 11.5 Å². The fraction of sp³-hybridized carbons (Fsp3) is 0.429. The van der Waals surface area contributed by atoms with Crippen LogP contribution in [0.5, 0.6) is 0 Å². The molecule has 1 rings (SSSR count). The van der Waals surface area contributed by atoms with E-state index in [4.69, 9.17) is 5.73 Å². The van der Waals surface area contributed by atoms with Gasteiger partial charge in [-0.3, -0.25) is 0 Å². The molecule has 0 aromatic carbocycles. The summed E-state index contributed by atoms with van der Waals surface area (Å²) >= 11 is 0. The molecule has 2 unspecified atom stereocenters. The number of alkyl halides is 1. The van der Waals surface area contributed by atoms with Crippen molar-refractivity contribution in [1.82, 2.24) is 0 Å². The summed E-state index contributed by atoms with van der Waals surface area (Å²) in [7, 11) is 0. The first kappa shape index (κ1) is 7.41. The van der Waals surface area contributed by atoms with Crippen LogP contribution in [0.3, 0.4) is 0 Å². The number of allylic oxidation sites excluding steroid dienone is 2. The molecule has 0 saturated heterocycles. The highest BCUT2D eigenvalue weighted by molar-refractivity contribution is 5.27. The summed E-state index contributed by atoms with van der Waals surface area (Å²) in [5, 5.41) is 0. The monoisotopic (exact) mass is 145 g/mol. The van der Waals surface area contributed by atoms with Crippen LogP contribution < -0.4 is 5.73 Å². The SMILES string of the molecule is CC1(F)C=CC(F)=CC1N. The molecule has 0 saturated carbocycles. The van der Waals surface area contributed by atoms with Crippen LogP contribution in [0.4, 0.5) is 8.78 Å². The van der Waals surface area contributed by atoms with Gasteiger partial charge in [-0.25, -0.2) is 8.78 Å². The Morgan fingerprint density at radius 1 is 1.70 bits per heavy atom. The van der Waals surface area contributed by atoms with Gasteiger partial charge < -0.3 is 5.73 Å². The normalized spacial score (nSPS) is 39.6. The Bertz CT molecular complexity index is 194. The fourth-order valence-corrected chi connectivity index (χ4v) is 0.744. The van der Waals surface area contributed by atoms with E-state index in [1.165, 1.54) is 6.92 Å². The van der Waals surface area contributed by atoms with Gasteiger partial charge in [-0.05, 0) is 25.2 Å². The maximum Gasteiger partial charge on any atom is 0.145 e. The molecule has 0 aromatic heterocycles. The number of halogens is 2. The van der Waals surface area contributed by atoms with Gasteiger partial charge in [0.2, 0.25) is 0 Å². The van der Waals surface area contributed by atoms with E-state index >= 15 is 0 Å². The lowest BCUT2D eigenvalue weighted by Gasteiger charge is -2.23. The summed E-state index contributed by atoms with van der Waals surface area (Å²) in [6, 6.07) is -0.863. The summed E-state index contributed by atoms with van der Waals surface area (Å²) in [5.74, 6) is -0.470. The Morgan fingerprint density at radius 2 is 2.30 bits per heavy atom. The van der Waals surface area contributed by atoms with E-state index in [9.17, 15) is 8.78 Å². The fourth-order valence-electron chi connectivity index (χ4n) is 0.744. The molecular formula is C7H9F2N. The molecule has 56 valence electrons. The molecule has 2 N–H and O–H groups in total. The minimum absolute atomic E-state index is 0.470. The zero-order valence-electron chi connectivity index (χ0n) is 5.64. The molecule has 0 aliphatic heterocycles. The van der Waals surface area contributed by atoms with E-state index in [1.54, 1.807) is 0 Å². The molecule has 0 amide bonds. The molecule has 0 fully saturated rings. The first-order valence-electron chi connectivity index (χ1n) is 3.03. The summed E-state index contributed by atoms with van der Waals surface area (Å²) in [5.41, 5.74) is 3.66. The molecule has 0 bridgehead atoms. The van der Waals surface area contributed by atoms with Gasteiger partial charge in [-0.1, -0.05) is 0 Å². The second-order valence-corrected chi connectivity index (χ2v) is 2.56. The highest BCUT2D eigenvalue weighted by Crippen LogP contribution is 2.23. The van der Waals surface area contributed by atoms with Crippen molar-refractivity contribution in [1.29, 1.82) is 0 Å². The number of hydrogen-bond donors (Lipinski definition) is 1. The molecule has 0 aromatic rings. The van der Waals surface area contributed by atoms with Crippen molar-refractivity contribution >= 4 is 0 Å². The minimum atomic E-state index is -1.60. The number of rotatable bonds is 0. The van der Waals surface area contributed by atoms with Crippen LogP contribution in [0.1, 0.15) is 6.92 Å². The predicted octanol–water partition coefficient (Wildman–Crippen LogP) is 1.47. The highest BCUT2D eigenvalue weighted by atomic mass is 19.1. The van der Waals surface area contributed by atoms with Crippen molar-refractivity contribution < 1.29 is 8.78 Å². The van der Waals surface area contributed by atoms with E-state index < -0.39 is 17.5 Å². The van der Waals surface area contributed by atoms with Crippen molar-refractivity contribution in [2.75, 3.05) is 0 Å². The van der Waals surface area contributed by atoms with Gasteiger partial charge >= 0.3 is 0 Å². The second kappa shape index (κ2) is 2.16. The predicted molar refractivity (Wildman–Crippen MR) is 35.8 cm³/mol. The summed E-state index contributed by atoms with van der Waals surface area (Å²) < 4.78 is 25.3. The molecule has 1 nitrogen and oxygen atoms in total. The van der Waals surface area contributed by atoms with Gasteiger partial charge in [0.15, 0.2) is 0 Å². The molecule has 2 atom stereocenters. The van der Waals surface area contributed by atoms with Crippen molar-refractivity contribution in [2.45, 2.75) is 18.6 Å². The Labute approximate surface area is 58.2 Å². The van der Waals surface area contributed by atoms with E-state index in [0.717, 1.165) is 18.2 Å². The second-order valence-electron chi connectivity index (χ2n) is 2.56. The Balaban J connectivity index is 2.84. The van der Waals surface area contributed by atoms with Crippen molar-refractivity contribution in [2.24, 2.45) is 5.73 Å². The number of nitrogens with two attached hydrogens (primary N) is 1. The lowest BCUT2D eigenvalue weighted by atomic mass is 9.94. The van der Waals surface area contributed by atoms with Crippen LogP contribution >= 0.6 is 0 Å². The van der Waals surface area contributed by atoms with Gasteiger partial charge in [0, 0.05) is 0 Å². The van der Waals surface area contributed by atoms with Crippen molar-refractivity contribution in [3.8, 4) is 0 Å². The quantitative estimate of drug-likeness (QED) is 0.548. The van der Waals surface area contributed by atoms with Crippen LogP contribution in [0.15, 0.2) is 24.1 Å². The molecule has 3 heteroatoms. The van der Waals surface area contributed by atoms with Gasteiger partial charge in [0.05, 0.1) is 6.04 Å². The van der Waals surface area contributed by atoms with E-state index in [0.29, 0.717) is 0 Å². The average Bonchev–Trinajstić information content (AvgIpc) is 1.81. The first-order chi connectivity index (χ1) is 4.52. The third kappa shape index (κ3) is 1.24. The molecule has 1 aliphatic carbocycles. The molecule has 10 heavy (non-hydrogen) atoms. The van der Waals surface area contributed by atoms with Crippen LogP contribution in [-0.4, -0.2) is 11.7 Å². The zero-order chi connectivity index (χ0) is 7.78. The Kier molecular flexibility index (Phi) is 1.60. The molecule has 1 aliphatic rings. The topological polar surface area (TPSA) is 26.0 Å². The maximum atomic E-state index is 13.0. The third-order valence-corrected chi connectivity index (χ3v) is 1.56. The molecular weight excluding hydrogens is 136 g/mol. The standard InChI is InChI=1S/C7H9F2N/c1-7(9)3-2-5(8)4-6(7)10/h2-4,6H,10H2,1H3. The zero-order valence-corrected chi connectivity index (χ0v) is 5.64. The van der Waals surface area contributed by atoms with Gasteiger partial charge in [-0.15, -0.1) is 0 Å². The Hall–Kier alpha value is -0.700. The van der Waals surface area contributed by atoms with Gasteiger partial charge in [0.25, 0.3) is 0 Å². The molecule has 0 radical (unpaired) electrons. The van der Waals surface area contributed by atoms with E-state index in [2.05, 4.69) is 0 Å². The maximum absolute atomic E-state index is 13.0. The van der Waals surface area contributed by atoms with Crippen molar-refractivity contribution in [3.63, 3.8) is 0 Å². The number of hydrogen-bond acceptors (Lipinski definition) is 1. The smallest absolute Gasteiger partial charge is 0.145 e. The summed E-state index contributed by atoms with van der Waals surface area (Å²) in [6.45, 7) is 1.32. The Morgan fingerprint density at radius 3 is 2.70 bits per heavy atom. The molecule has 0 heterocycles. The lowest BCUT2D eigenvalue weighted by molar-refractivity contribution is 0.229. The summed E-state index contributed by atoms with van der Waals surface area (Å²) in [4.78, 5) is 0. The lowest BCUT2D eigenvalue weighted by Crippen LogP contribution is -2.40. The van der Waals surface area contributed by atoms with Crippen LogP contribution in [0.25, 0.3) is 0 Å². The molecule has 0 spiro atoms. The van der Waals surface area contributed by atoms with Crippen LogP contribution in [-0.2, 0) is 0 Å². The average molecular weight is 145 g/mol. The summed E-state index contributed by atoms with van der Waals surface area (Å²) in [6.07, 6.45) is 3.29. The third-order valence-electron chi connectivity index (χ3n) is 1.56. The first-order valence-corrected chi connectivity index (χ1v) is 3.03. The van der Waals surface area contributed by atoms with E-state index in [-0.39, 0.29) is 0 Å². The highest BCUT2D eigenvalue weighted by Gasteiger charge is 2.29. The minimum Gasteiger partial charge on any atom is -0.321 e. The van der Waals surface area contributed by atoms with E-state index in [1.807, 2.05) is 0 Å². The van der Waals surface area contributed by atoms with Crippen molar-refractivity contribution in [3.05, 3.63) is 24.1 Å². The van der Waals surface area contributed by atoms with Crippen LogP contribution in [0, 0.1) is 0 Å². The van der Waals surface area contributed by atoms with Gasteiger partial charge in [-0.2, -0.15) is 0 Å². The largest absolute Gasteiger partial charge is 0.321 e. The van der Waals surface area contributed by atoms with Crippen LogP contribution in [0.2, 0.25) is 0 Å².